The largest absolute Gasteiger partial charge is 0.383 e. The summed E-state index contributed by atoms with van der Waals surface area (Å²) in [5.41, 5.74) is 2.38. The number of hydrogen-bond donors (Lipinski definition) is 1. The van der Waals surface area contributed by atoms with Gasteiger partial charge in [0.1, 0.15) is 0 Å². The highest BCUT2D eigenvalue weighted by Gasteiger charge is 2.17. The number of hydrogen-bond acceptors (Lipinski definition) is 4. The standard InChI is InChI=1S/C16H27ClN2OS/c1-5-13(12-21-4)19(2)16-8-6-7-15(17)14(16)11-18-9-10-20-3/h6-8,13,18H,5,9-12H2,1-4H3. The second-order valence-electron chi connectivity index (χ2n) is 5.04. The Hall–Kier alpha value is -0.420. The van der Waals surface area contributed by atoms with E-state index in [1.54, 1.807) is 7.11 Å². The molecule has 0 saturated heterocycles. The Morgan fingerprint density at radius 2 is 2.19 bits per heavy atom. The summed E-state index contributed by atoms with van der Waals surface area (Å²) >= 11 is 8.29. The van der Waals surface area contributed by atoms with Crippen molar-refractivity contribution in [3.63, 3.8) is 0 Å². The minimum atomic E-state index is 0.524. The highest BCUT2D eigenvalue weighted by molar-refractivity contribution is 7.98. The van der Waals surface area contributed by atoms with Gasteiger partial charge >= 0.3 is 0 Å². The van der Waals surface area contributed by atoms with Crippen molar-refractivity contribution in [3.8, 4) is 0 Å². The molecule has 0 saturated carbocycles. The molecule has 0 bridgehead atoms. The van der Waals surface area contributed by atoms with Crippen LogP contribution >= 0.6 is 23.4 Å². The van der Waals surface area contributed by atoms with E-state index >= 15 is 0 Å². The second-order valence-corrected chi connectivity index (χ2v) is 6.35. The lowest BCUT2D eigenvalue weighted by Gasteiger charge is -2.31. The van der Waals surface area contributed by atoms with E-state index in [2.05, 4.69) is 36.5 Å². The first-order valence-corrected chi connectivity index (χ1v) is 9.11. The molecule has 1 aromatic carbocycles. The number of benzene rings is 1. The predicted molar refractivity (Wildman–Crippen MR) is 95.9 cm³/mol. The van der Waals surface area contributed by atoms with Crippen LogP contribution in [0.5, 0.6) is 0 Å². The summed E-state index contributed by atoms with van der Waals surface area (Å²) in [5.74, 6) is 1.12. The number of thioether (sulfide) groups is 1. The minimum absolute atomic E-state index is 0.524. The van der Waals surface area contributed by atoms with Gasteiger partial charge in [-0.15, -0.1) is 0 Å². The Kier molecular flexibility index (Phi) is 9.16. The summed E-state index contributed by atoms with van der Waals surface area (Å²) in [5, 5.41) is 4.21. The quantitative estimate of drug-likeness (QED) is 0.662. The van der Waals surface area contributed by atoms with Gasteiger partial charge in [-0.1, -0.05) is 24.6 Å². The van der Waals surface area contributed by atoms with E-state index in [9.17, 15) is 0 Å². The van der Waals surface area contributed by atoms with Crippen LogP contribution in [0.2, 0.25) is 5.02 Å². The average Bonchev–Trinajstić information content (AvgIpc) is 2.49. The maximum absolute atomic E-state index is 6.41. The lowest BCUT2D eigenvalue weighted by atomic mass is 10.1. The molecule has 0 radical (unpaired) electrons. The molecule has 0 aromatic heterocycles. The smallest absolute Gasteiger partial charge is 0.0587 e. The van der Waals surface area contributed by atoms with E-state index in [0.717, 1.165) is 35.8 Å². The van der Waals surface area contributed by atoms with Gasteiger partial charge in [0.25, 0.3) is 0 Å². The molecule has 5 heteroatoms. The number of ether oxygens (including phenoxy) is 1. The van der Waals surface area contributed by atoms with Crippen LogP contribution in [-0.4, -0.2) is 45.4 Å². The van der Waals surface area contributed by atoms with Crippen LogP contribution in [0.25, 0.3) is 0 Å². The Balaban J connectivity index is 2.87. The van der Waals surface area contributed by atoms with Gasteiger partial charge in [-0.3, -0.25) is 0 Å². The molecule has 0 aliphatic carbocycles. The zero-order valence-electron chi connectivity index (χ0n) is 13.5. The molecule has 1 N–H and O–H groups in total. The number of halogens is 1. The molecule has 1 unspecified atom stereocenters. The van der Waals surface area contributed by atoms with E-state index < -0.39 is 0 Å². The Morgan fingerprint density at radius 3 is 2.81 bits per heavy atom. The molecule has 0 heterocycles. The third-order valence-corrected chi connectivity index (χ3v) is 4.71. The van der Waals surface area contributed by atoms with Crippen molar-refractivity contribution in [3.05, 3.63) is 28.8 Å². The lowest BCUT2D eigenvalue weighted by Crippen LogP contribution is -2.34. The first-order chi connectivity index (χ1) is 10.2. The summed E-state index contributed by atoms with van der Waals surface area (Å²) in [7, 11) is 3.87. The Bertz CT molecular complexity index is 417. The molecule has 0 fully saturated rings. The Morgan fingerprint density at radius 1 is 1.43 bits per heavy atom. The van der Waals surface area contributed by atoms with Gasteiger partial charge in [-0.2, -0.15) is 11.8 Å². The number of methoxy groups -OCH3 is 1. The van der Waals surface area contributed by atoms with Crippen molar-refractivity contribution < 1.29 is 4.74 Å². The summed E-state index contributed by atoms with van der Waals surface area (Å²) in [6.07, 6.45) is 3.28. The number of nitrogens with zero attached hydrogens (tertiary/aromatic N) is 1. The van der Waals surface area contributed by atoms with Gasteiger partial charge in [-0.25, -0.2) is 0 Å². The fourth-order valence-electron chi connectivity index (χ4n) is 2.33. The van der Waals surface area contributed by atoms with Crippen LogP contribution in [0.4, 0.5) is 5.69 Å². The normalized spacial score (nSPS) is 12.4. The van der Waals surface area contributed by atoms with Crippen molar-refractivity contribution in [2.75, 3.05) is 44.2 Å². The third kappa shape index (κ3) is 5.70. The number of anilines is 1. The SMILES string of the molecule is CCC(CSC)N(C)c1cccc(Cl)c1CNCCOC. The molecule has 1 atom stereocenters. The maximum Gasteiger partial charge on any atom is 0.0587 e. The van der Waals surface area contributed by atoms with Crippen molar-refractivity contribution in [2.45, 2.75) is 25.9 Å². The Labute approximate surface area is 138 Å². The number of rotatable bonds is 10. The molecule has 3 nitrogen and oxygen atoms in total. The maximum atomic E-state index is 6.41. The van der Waals surface area contributed by atoms with Gasteiger partial charge in [0.15, 0.2) is 0 Å². The first-order valence-electron chi connectivity index (χ1n) is 7.34. The van der Waals surface area contributed by atoms with Crippen LogP contribution in [-0.2, 0) is 11.3 Å². The fraction of sp³-hybridized carbons (Fsp3) is 0.625. The molecule has 0 aliphatic rings. The van der Waals surface area contributed by atoms with E-state index in [0.29, 0.717) is 12.6 Å². The molecule has 120 valence electrons. The summed E-state index contributed by atoms with van der Waals surface area (Å²) < 4.78 is 5.07. The molecule has 21 heavy (non-hydrogen) atoms. The summed E-state index contributed by atoms with van der Waals surface area (Å²) in [6.45, 7) is 4.53. The monoisotopic (exact) mass is 330 g/mol. The van der Waals surface area contributed by atoms with Crippen LogP contribution < -0.4 is 10.2 Å². The number of nitrogens with one attached hydrogen (secondary N) is 1. The summed E-state index contributed by atoms with van der Waals surface area (Å²) in [4.78, 5) is 2.36. The lowest BCUT2D eigenvalue weighted by molar-refractivity contribution is 0.199. The van der Waals surface area contributed by atoms with Crippen molar-refractivity contribution >= 4 is 29.1 Å². The molecular formula is C16H27ClN2OS. The third-order valence-electron chi connectivity index (χ3n) is 3.64. The van der Waals surface area contributed by atoms with Crippen LogP contribution in [0, 0.1) is 0 Å². The molecule has 0 spiro atoms. The van der Waals surface area contributed by atoms with Gasteiger partial charge in [0.2, 0.25) is 0 Å². The van der Waals surface area contributed by atoms with Crippen molar-refractivity contribution in [1.82, 2.24) is 5.32 Å². The van der Waals surface area contributed by atoms with Crippen molar-refractivity contribution in [2.24, 2.45) is 0 Å². The van der Waals surface area contributed by atoms with Crippen molar-refractivity contribution in [1.29, 1.82) is 0 Å². The fourth-order valence-corrected chi connectivity index (χ4v) is 3.41. The summed E-state index contributed by atoms with van der Waals surface area (Å²) in [6, 6.07) is 6.67. The van der Waals surface area contributed by atoms with Gasteiger partial charge in [0, 0.05) is 55.3 Å². The molecule has 1 aromatic rings. The zero-order chi connectivity index (χ0) is 15.7. The van der Waals surface area contributed by atoms with Gasteiger partial charge < -0.3 is 15.0 Å². The molecule has 0 aliphatic heterocycles. The second kappa shape index (κ2) is 10.3. The van der Waals surface area contributed by atoms with E-state index in [1.807, 2.05) is 23.9 Å². The predicted octanol–water partition coefficient (Wildman–Crippen LogP) is 3.65. The first kappa shape index (κ1) is 18.6. The minimum Gasteiger partial charge on any atom is -0.383 e. The molecule has 0 amide bonds. The van der Waals surface area contributed by atoms with Crippen LogP contribution in [0.1, 0.15) is 18.9 Å². The van der Waals surface area contributed by atoms with E-state index in [4.69, 9.17) is 16.3 Å². The zero-order valence-corrected chi connectivity index (χ0v) is 15.1. The van der Waals surface area contributed by atoms with Gasteiger partial charge in [0.05, 0.1) is 6.61 Å². The topological polar surface area (TPSA) is 24.5 Å². The van der Waals surface area contributed by atoms with Crippen LogP contribution in [0.3, 0.4) is 0 Å². The van der Waals surface area contributed by atoms with Crippen LogP contribution in [0.15, 0.2) is 18.2 Å². The van der Waals surface area contributed by atoms with Gasteiger partial charge in [-0.05, 0) is 24.8 Å². The average molecular weight is 331 g/mol. The highest BCUT2D eigenvalue weighted by Crippen LogP contribution is 2.29. The van der Waals surface area contributed by atoms with E-state index in [1.165, 1.54) is 5.69 Å². The highest BCUT2D eigenvalue weighted by atomic mass is 35.5. The molecular weight excluding hydrogens is 304 g/mol. The van der Waals surface area contributed by atoms with E-state index in [-0.39, 0.29) is 0 Å². The molecule has 1 rings (SSSR count).